The summed E-state index contributed by atoms with van der Waals surface area (Å²) in [4.78, 5) is 4.59. The van der Waals surface area contributed by atoms with Gasteiger partial charge in [0.25, 0.3) is 0 Å². The van der Waals surface area contributed by atoms with E-state index in [4.69, 9.17) is 9.47 Å². The molecule has 2 aromatic heterocycles. The average Bonchev–Trinajstić information content (AvgIpc) is 3.29. The standard InChI is InChI=1S/C16H15N5O2S2/c1-21-14(12-8-22-10-4-2-3-5-11(10)23-12)18-19-15(21)24-16-17-13(20-25-16)9-6-7-9/h2-5,9,12H,6-8H2,1H3. The van der Waals surface area contributed by atoms with E-state index in [2.05, 4.69) is 19.6 Å². The zero-order valence-corrected chi connectivity index (χ0v) is 15.1. The summed E-state index contributed by atoms with van der Waals surface area (Å²) in [5.74, 6) is 3.76. The fraction of sp³-hybridized carbons (Fsp3) is 0.375. The predicted octanol–water partition coefficient (Wildman–Crippen LogP) is 3.21. The topological polar surface area (TPSA) is 75.0 Å². The molecule has 2 aliphatic rings. The monoisotopic (exact) mass is 373 g/mol. The van der Waals surface area contributed by atoms with Crippen LogP contribution in [-0.4, -0.2) is 30.7 Å². The molecule has 7 nitrogen and oxygen atoms in total. The van der Waals surface area contributed by atoms with Crippen molar-refractivity contribution in [2.45, 2.75) is 34.4 Å². The summed E-state index contributed by atoms with van der Waals surface area (Å²) in [6.07, 6.45) is 2.13. The highest BCUT2D eigenvalue weighted by Gasteiger charge is 2.29. The molecule has 0 amide bonds. The van der Waals surface area contributed by atoms with E-state index in [0.29, 0.717) is 12.5 Å². The lowest BCUT2D eigenvalue weighted by Crippen LogP contribution is -2.24. The minimum atomic E-state index is -0.279. The van der Waals surface area contributed by atoms with Gasteiger partial charge < -0.3 is 14.0 Å². The quantitative estimate of drug-likeness (QED) is 0.695. The maximum absolute atomic E-state index is 6.02. The number of hydrogen-bond donors (Lipinski definition) is 0. The molecule has 1 unspecified atom stereocenters. The van der Waals surface area contributed by atoms with E-state index in [-0.39, 0.29) is 6.10 Å². The van der Waals surface area contributed by atoms with Crippen molar-refractivity contribution < 1.29 is 9.47 Å². The van der Waals surface area contributed by atoms with Gasteiger partial charge in [0.05, 0.1) is 0 Å². The molecule has 1 fully saturated rings. The van der Waals surface area contributed by atoms with E-state index in [1.165, 1.54) is 36.1 Å². The number of ether oxygens (including phenoxy) is 2. The van der Waals surface area contributed by atoms with Crippen LogP contribution in [0.4, 0.5) is 0 Å². The van der Waals surface area contributed by atoms with Gasteiger partial charge in [-0.1, -0.05) is 12.1 Å². The van der Waals surface area contributed by atoms with Crippen LogP contribution in [0.1, 0.15) is 36.5 Å². The van der Waals surface area contributed by atoms with E-state index in [1.807, 2.05) is 35.9 Å². The largest absolute Gasteiger partial charge is 0.485 e. The number of hydrogen-bond acceptors (Lipinski definition) is 8. The van der Waals surface area contributed by atoms with Crippen molar-refractivity contribution in [1.29, 1.82) is 0 Å². The molecule has 1 saturated carbocycles. The number of fused-ring (bicyclic) bond motifs is 1. The lowest BCUT2D eigenvalue weighted by atomic mass is 10.2. The molecule has 0 spiro atoms. The highest BCUT2D eigenvalue weighted by molar-refractivity contribution is 8.00. The Hall–Kier alpha value is -2.13. The Morgan fingerprint density at radius 1 is 1.20 bits per heavy atom. The number of aromatic nitrogens is 5. The van der Waals surface area contributed by atoms with E-state index in [1.54, 1.807) is 0 Å². The first kappa shape index (κ1) is 15.2. The van der Waals surface area contributed by atoms with Gasteiger partial charge in [-0.3, -0.25) is 0 Å². The highest BCUT2D eigenvalue weighted by atomic mass is 32.2. The molecule has 0 radical (unpaired) electrons. The summed E-state index contributed by atoms with van der Waals surface area (Å²) < 4.78 is 19.1. The van der Waals surface area contributed by atoms with E-state index in [9.17, 15) is 0 Å². The summed E-state index contributed by atoms with van der Waals surface area (Å²) >= 11 is 2.91. The van der Waals surface area contributed by atoms with Crippen molar-refractivity contribution >= 4 is 23.3 Å². The molecule has 0 N–H and O–H groups in total. The van der Waals surface area contributed by atoms with Crippen LogP contribution in [0.5, 0.6) is 11.5 Å². The van der Waals surface area contributed by atoms with E-state index in [0.717, 1.165) is 32.6 Å². The number of benzene rings is 1. The highest BCUT2D eigenvalue weighted by Crippen LogP contribution is 2.41. The van der Waals surface area contributed by atoms with Gasteiger partial charge in [-0.2, -0.15) is 4.37 Å². The molecular weight excluding hydrogens is 358 g/mol. The Bertz CT molecular complexity index is 921. The summed E-state index contributed by atoms with van der Waals surface area (Å²) in [6, 6.07) is 7.65. The van der Waals surface area contributed by atoms with Crippen molar-refractivity contribution in [3.05, 3.63) is 35.9 Å². The van der Waals surface area contributed by atoms with Crippen molar-refractivity contribution in [2.75, 3.05) is 6.61 Å². The summed E-state index contributed by atoms with van der Waals surface area (Å²) in [5, 5.41) is 9.37. The molecule has 9 heteroatoms. The van der Waals surface area contributed by atoms with Crippen molar-refractivity contribution in [1.82, 2.24) is 24.1 Å². The molecule has 3 heterocycles. The smallest absolute Gasteiger partial charge is 0.198 e. The van der Waals surface area contributed by atoms with Gasteiger partial charge in [-0.05, 0) is 48.3 Å². The molecule has 25 heavy (non-hydrogen) atoms. The third-order valence-electron chi connectivity index (χ3n) is 4.21. The van der Waals surface area contributed by atoms with Gasteiger partial charge >= 0.3 is 0 Å². The van der Waals surface area contributed by atoms with Crippen LogP contribution in [-0.2, 0) is 7.05 Å². The van der Waals surface area contributed by atoms with Gasteiger partial charge in [-0.15, -0.1) is 10.2 Å². The van der Waals surface area contributed by atoms with Crippen molar-refractivity contribution in [3.8, 4) is 11.5 Å². The van der Waals surface area contributed by atoms with Crippen molar-refractivity contribution in [3.63, 3.8) is 0 Å². The Balaban J connectivity index is 1.35. The predicted molar refractivity (Wildman–Crippen MR) is 92.3 cm³/mol. The third kappa shape index (κ3) is 2.87. The minimum Gasteiger partial charge on any atom is -0.485 e. The first-order chi connectivity index (χ1) is 12.3. The molecular formula is C16H15N5O2S2. The van der Waals surface area contributed by atoms with Gasteiger partial charge in [0.2, 0.25) is 0 Å². The normalized spacial score (nSPS) is 19.2. The second-order valence-electron chi connectivity index (χ2n) is 6.06. The molecule has 1 atom stereocenters. The summed E-state index contributed by atoms with van der Waals surface area (Å²) in [6.45, 7) is 0.415. The van der Waals surface area contributed by atoms with Crippen LogP contribution < -0.4 is 9.47 Å². The van der Waals surface area contributed by atoms with E-state index < -0.39 is 0 Å². The molecule has 1 aliphatic carbocycles. The minimum absolute atomic E-state index is 0.279. The van der Waals surface area contributed by atoms with Crippen LogP contribution in [0.3, 0.4) is 0 Å². The first-order valence-electron chi connectivity index (χ1n) is 8.07. The first-order valence-corrected chi connectivity index (χ1v) is 9.66. The molecule has 5 rings (SSSR count). The molecule has 0 bridgehead atoms. The lowest BCUT2D eigenvalue weighted by Gasteiger charge is -2.25. The van der Waals surface area contributed by atoms with Gasteiger partial charge in [0.15, 0.2) is 32.9 Å². The van der Waals surface area contributed by atoms with Crippen LogP contribution in [0.2, 0.25) is 0 Å². The second kappa shape index (κ2) is 5.99. The fourth-order valence-electron chi connectivity index (χ4n) is 2.69. The molecule has 1 aliphatic heterocycles. The maximum atomic E-state index is 6.02. The van der Waals surface area contributed by atoms with Crippen LogP contribution >= 0.6 is 23.3 Å². The van der Waals surface area contributed by atoms with Crippen LogP contribution in [0.25, 0.3) is 0 Å². The lowest BCUT2D eigenvalue weighted by molar-refractivity contribution is 0.0825. The molecule has 1 aromatic carbocycles. The number of para-hydroxylation sites is 2. The van der Waals surface area contributed by atoms with Crippen LogP contribution in [0, 0.1) is 0 Å². The number of rotatable bonds is 4. The SMILES string of the molecule is Cn1c(Sc2nc(C3CC3)ns2)nnc1C1COc2ccccc2O1. The Kier molecular flexibility index (Phi) is 3.63. The van der Waals surface area contributed by atoms with Crippen LogP contribution in [0.15, 0.2) is 33.8 Å². The Labute approximate surface area is 152 Å². The van der Waals surface area contributed by atoms with Crippen molar-refractivity contribution in [2.24, 2.45) is 7.05 Å². The molecule has 3 aromatic rings. The third-order valence-corrected chi connectivity index (χ3v) is 6.01. The maximum Gasteiger partial charge on any atom is 0.198 e. The zero-order chi connectivity index (χ0) is 16.8. The van der Waals surface area contributed by atoms with Gasteiger partial charge in [0.1, 0.15) is 12.4 Å². The second-order valence-corrected chi connectivity index (χ2v) is 8.03. The molecule has 0 saturated heterocycles. The Morgan fingerprint density at radius 3 is 2.88 bits per heavy atom. The van der Waals surface area contributed by atoms with Gasteiger partial charge in [-0.25, -0.2) is 4.98 Å². The fourth-order valence-corrected chi connectivity index (χ4v) is 4.28. The average molecular weight is 373 g/mol. The van der Waals surface area contributed by atoms with Gasteiger partial charge in [0, 0.05) is 13.0 Å². The zero-order valence-electron chi connectivity index (χ0n) is 13.5. The number of nitrogens with zero attached hydrogens (tertiary/aromatic N) is 5. The summed E-state index contributed by atoms with van der Waals surface area (Å²) in [5.41, 5.74) is 0. The van der Waals surface area contributed by atoms with E-state index >= 15 is 0 Å². The summed E-state index contributed by atoms with van der Waals surface area (Å²) in [7, 11) is 1.93. The Morgan fingerprint density at radius 2 is 2.04 bits per heavy atom. The molecule has 128 valence electrons.